The summed E-state index contributed by atoms with van der Waals surface area (Å²) in [5, 5.41) is 2.87. The second-order valence-corrected chi connectivity index (χ2v) is 6.75. The second kappa shape index (κ2) is 7.05. The summed E-state index contributed by atoms with van der Waals surface area (Å²) in [4.78, 5) is 35.8. The molecule has 124 valence electrons. The van der Waals surface area contributed by atoms with Gasteiger partial charge in [0.25, 0.3) is 11.8 Å². The van der Waals surface area contributed by atoms with Gasteiger partial charge in [-0.2, -0.15) is 0 Å². The summed E-state index contributed by atoms with van der Waals surface area (Å²) in [6, 6.07) is 0. The molecule has 3 amide bonds. The van der Waals surface area contributed by atoms with Crippen LogP contribution in [0.25, 0.3) is 0 Å². The van der Waals surface area contributed by atoms with Gasteiger partial charge in [0.15, 0.2) is 0 Å². The predicted molar refractivity (Wildman–Crippen MR) is 83.0 cm³/mol. The van der Waals surface area contributed by atoms with Crippen LogP contribution in [-0.4, -0.2) is 46.9 Å². The molecular weight excluding hydrogens is 284 g/mol. The zero-order chi connectivity index (χ0) is 17.0. The van der Waals surface area contributed by atoms with E-state index in [9.17, 15) is 14.4 Å². The van der Waals surface area contributed by atoms with Crippen LogP contribution in [0.4, 0.5) is 0 Å². The minimum atomic E-state index is -0.513. The average molecular weight is 310 g/mol. The Labute approximate surface area is 131 Å². The summed E-state index contributed by atoms with van der Waals surface area (Å²) in [7, 11) is 0. The lowest BCUT2D eigenvalue weighted by Crippen LogP contribution is -2.49. The Morgan fingerprint density at radius 3 is 2.23 bits per heavy atom. The predicted octanol–water partition coefficient (Wildman–Crippen LogP) is 1.40. The molecule has 0 radical (unpaired) electrons. The Morgan fingerprint density at radius 1 is 1.18 bits per heavy atom. The molecule has 0 saturated heterocycles. The Kier molecular flexibility index (Phi) is 5.88. The number of nitrogens with zero attached hydrogens (tertiary/aromatic N) is 1. The number of rotatable bonds is 8. The molecule has 0 bridgehead atoms. The van der Waals surface area contributed by atoms with Crippen molar-refractivity contribution in [1.29, 1.82) is 0 Å². The van der Waals surface area contributed by atoms with Crippen LogP contribution in [0.15, 0.2) is 12.2 Å². The van der Waals surface area contributed by atoms with Crippen LogP contribution in [0, 0.1) is 0 Å². The smallest absolute Gasteiger partial charge is 0.253 e. The van der Waals surface area contributed by atoms with Gasteiger partial charge in [-0.05, 0) is 34.1 Å². The first kappa shape index (κ1) is 18.4. The first-order chi connectivity index (χ1) is 10.1. The highest BCUT2D eigenvalue weighted by Gasteiger charge is 2.27. The van der Waals surface area contributed by atoms with Gasteiger partial charge in [-0.15, -0.1) is 0 Å². The van der Waals surface area contributed by atoms with Crippen LogP contribution in [0.3, 0.4) is 0 Å². The molecule has 0 aromatic heterocycles. The van der Waals surface area contributed by atoms with Crippen molar-refractivity contribution in [2.24, 2.45) is 0 Å². The zero-order valence-electron chi connectivity index (χ0n) is 14.1. The van der Waals surface area contributed by atoms with Crippen LogP contribution in [-0.2, 0) is 19.1 Å². The van der Waals surface area contributed by atoms with Crippen molar-refractivity contribution in [3.8, 4) is 0 Å². The Bertz CT molecular complexity index is 463. The minimum absolute atomic E-state index is 0.0831. The first-order valence-electron chi connectivity index (χ1n) is 7.55. The normalized spacial score (nSPS) is 15.6. The van der Waals surface area contributed by atoms with Crippen LogP contribution in [0.2, 0.25) is 0 Å². The van der Waals surface area contributed by atoms with Gasteiger partial charge < -0.3 is 10.1 Å². The first-order valence-corrected chi connectivity index (χ1v) is 7.55. The molecule has 1 N–H and O–H groups in total. The Morgan fingerprint density at radius 2 is 1.73 bits per heavy atom. The van der Waals surface area contributed by atoms with E-state index in [0.717, 1.165) is 11.3 Å². The molecular formula is C16H26N2O4. The fraction of sp³-hybridized carbons (Fsp3) is 0.688. The zero-order valence-corrected chi connectivity index (χ0v) is 14.1. The molecule has 0 aromatic carbocycles. The van der Waals surface area contributed by atoms with Gasteiger partial charge in [0, 0.05) is 25.1 Å². The van der Waals surface area contributed by atoms with E-state index in [1.165, 1.54) is 12.2 Å². The average Bonchev–Trinajstić information content (AvgIpc) is 2.73. The minimum Gasteiger partial charge on any atom is -0.373 e. The molecule has 1 aliphatic heterocycles. The summed E-state index contributed by atoms with van der Waals surface area (Å²) in [5.41, 5.74) is -0.747. The van der Waals surface area contributed by atoms with Crippen molar-refractivity contribution in [2.45, 2.75) is 58.6 Å². The molecule has 6 nitrogen and oxygen atoms in total. The number of carbonyl (C=O) groups is 3. The van der Waals surface area contributed by atoms with Gasteiger partial charge in [-0.25, -0.2) is 0 Å². The van der Waals surface area contributed by atoms with E-state index in [2.05, 4.69) is 5.32 Å². The van der Waals surface area contributed by atoms with Gasteiger partial charge in [0.2, 0.25) is 5.91 Å². The van der Waals surface area contributed by atoms with E-state index in [-0.39, 0.29) is 36.3 Å². The molecule has 0 atom stereocenters. The quantitative estimate of drug-likeness (QED) is 0.688. The van der Waals surface area contributed by atoms with E-state index in [4.69, 9.17) is 4.74 Å². The van der Waals surface area contributed by atoms with Crippen molar-refractivity contribution < 1.29 is 19.1 Å². The highest BCUT2D eigenvalue weighted by atomic mass is 16.5. The van der Waals surface area contributed by atoms with Gasteiger partial charge in [-0.1, -0.05) is 6.92 Å². The maximum atomic E-state index is 12.0. The summed E-state index contributed by atoms with van der Waals surface area (Å²) in [6.07, 6.45) is 3.39. The lowest BCUT2D eigenvalue weighted by molar-refractivity contribution is -0.137. The molecule has 0 fully saturated rings. The van der Waals surface area contributed by atoms with E-state index in [1.807, 2.05) is 34.6 Å². The monoisotopic (exact) mass is 310 g/mol. The largest absolute Gasteiger partial charge is 0.373 e. The topological polar surface area (TPSA) is 75.7 Å². The summed E-state index contributed by atoms with van der Waals surface area (Å²) in [5.74, 6) is -0.953. The van der Waals surface area contributed by atoms with Crippen LogP contribution < -0.4 is 5.32 Å². The van der Waals surface area contributed by atoms with Crippen molar-refractivity contribution in [3.05, 3.63) is 12.2 Å². The third-order valence-corrected chi connectivity index (χ3v) is 3.62. The summed E-state index contributed by atoms with van der Waals surface area (Å²) in [6.45, 7) is 10.3. The Balaban J connectivity index is 2.40. The molecule has 0 saturated carbocycles. The van der Waals surface area contributed by atoms with Crippen LogP contribution >= 0.6 is 0 Å². The molecule has 0 aliphatic carbocycles. The molecule has 22 heavy (non-hydrogen) atoms. The number of amides is 3. The number of ether oxygens (including phenoxy) is 1. The fourth-order valence-electron chi connectivity index (χ4n) is 1.82. The maximum Gasteiger partial charge on any atom is 0.253 e. The van der Waals surface area contributed by atoms with Gasteiger partial charge in [0.1, 0.15) is 0 Å². The third kappa shape index (κ3) is 5.60. The van der Waals surface area contributed by atoms with E-state index in [0.29, 0.717) is 6.61 Å². The van der Waals surface area contributed by atoms with E-state index in [1.54, 1.807) is 0 Å². The van der Waals surface area contributed by atoms with Gasteiger partial charge in [0.05, 0.1) is 17.7 Å². The number of imide groups is 1. The standard InChI is InChI=1S/C16H26N2O4/c1-6-16(4,5)22-11-15(2,3)17-12(19)9-10-18-13(20)7-8-14(18)21/h7-8H,6,9-11H2,1-5H3,(H,17,19). The summed E-state index contributed by atoms with van der Waals surface area (Å²) >= 11 is 0. The third-order valence-electron chi connectivity index (χ3n) is 3.62. The number of hydrogen-bond donors (Lipinski definition) is 1. The molecule has 1 rings (SSSR count). The summed E-state index contributed by atoms with van der Waals surface area (Å²) < 4.78 is 5.81. The maximum absolute atomic E-state index is 12.0. The molecule has 0 unspecified atom stereocenters. The van der Waals surface area contributed by atoms with Crippen LogP contribution in [0.1, 0.15) is 47.5 Å². The van der Waals surface area contributed by atoms with Gasteiger partial charge >= 0.3 is 0 Å². The van der Waals surface area contributed by atoms with Crippen LogP contribution in [0.5, 0.6) is 0 Å². The fourth-order valence-corrected chi connectivity index (χ4v) is 1.82. The molecule has 1 aliphatic rings. The highest BCUT2D eigenvalue weighted by molar-refractivity contribution is 6.13. The van der Waals surface area contributed by atoms with Crippen molar-refractivity contribution in [2.75, 3.05) is 13.2 Å². The molecule has 6 heteroatoms. The van der Waals surface area contributed by atoms with Crippen molar-refractivity contribution >= 4 is 17.7 Å². The number of carbonyl (C=O) groups excluding carboxylic acids is 3. The lowest BCUT2D eigenvalue weighted by Gasteiger charge is -2.32. The number of hydrogen-bond acceptors (Lipinski definition) is 4. The Hall–Kier alpha value is -1.69. The molecule has 0 aromatic rings. The van der Waals surface area contributed by atoms with E-state index >= 15 is 0 Å². The SMILES string of the molecule is CCC(C)(C)OCC(C)(C)NC(=O)CCN1C(=O)C=CC1=O. The highest BCUT2D eigenvalue weighted by Crippen LogP contribution is 2.16. The van der Waals surface area contributed by atoms with Crippen molar-refractivity contribution in [3.63, 3.8) is 0 Å². The second-order valence-electron chi connectivity index (χ2n) is 6.75. The molecule has 0 spiro atoms. The van der Waals surface area contributed by atoms with Gasteiger partial charge in [-0.3, -0.25) is 19.3 Å². The molecule has 1 heterocycles. The number of nitrogens with one attached hydrogen (secondary N) is 1. The lowest BCUT2D eigenvalue weighted by atomic mass is 10.0. The van der Waals surface area contributed by atoms with Crippen molar-refractivity contribution in [1.82, 2.24) is 10.2 Å². The van der Waals surface area contributed by atoms with E-state index < -0.39 is 5.54 Å².